The number of hydrogen-bond donors (Lipinski definition) is 2. The molecule has 1 fully saturated rings. The summed E-state index contributed by atoms with van der Waals surface area (Å²) in [6.45, 7) is 0.837. The summed E-state index contributed by atoms with van der Waals surface area (Å²) < 4.78 is 27.3. The fourth-order valence-corrected chi connectivity index (χ4v) is 3.54. The highest BCUT2D eigenvalue weighted by molar-refractivity contribution is 5.85. The van der Waals surface area contributed by atoms with E-state index in [1.807, 2.05) is 0 Å². The lowest BCUT2D eigenvalue weighted by Gasteiger charge is -2.31. The van der Waals surface area contributed by atoms with Crippen molar-refractivity contribution >= 4 is 11.9 Å². The molecule has 26 heavy (non-hydrogen) atoms. The van der Waals surface area contributed by atoms with Crippen molar-refractivity contribution in [3.05, 3.63) is 35.4 Å². The van der Waals surface area contributed by atoms with Crippen LogP contribution in [0, 0.1) is 17.0 Å². The molecule has 0 unspecified atom stereocenters. The van der Waals surface area contributed by atoms with E-state index in [9.17, 15) is 13.6 Å². The van der Waals surface area contributed by atoms with Crippen molar-refractivity contribution < 1.29 is 13.6 Å². The van der Waals surface area contributed by atoms with Gasteiger partial charge in [-0.1, -0.05) is 18.9 Å². The van der Waals surface area contributed by atoms with E-state index >= 15 is 0 Å². The predicted octanol–water partition coefficient (Wildman–Crippen LogP) is 2.32. The van der Waals surface area contributed by atoms with Crippen molar-refractivity contribution in [3.8, 4) is 0 Å². The zero-order chi connectivity index (χ0) is 19.2. The third-order valence-corrected chi connectivity index (χ3v) is 4.97. The Balaban J connectivity index is 1.90. The van der Waals surface area contributed by atoms with E-state index < -0.39 is 17.0 Å². The minimum atomic E-state index is -0.545. The zero-order valence-corrected chi connectivity index (χ0v) is 15.7. The van der Waals surface area contributed by atoms with Gasteiger partial charge in [0.05, 0.1) is 5.41 Å². The van der Waals surface area contributed by atoms with Crippen molar-refractivity contribution in [1.29, 1.82) is 0 Å². The van der Waals surface area contributed by atoms with E-state index in [1.165, 1.54) is 18.2 Å². The molecule has 0 aliphatic heterocycles. The fourth-order valence-electron chi connectivity index (χ4n) is 3.54. The summed E-state index contributed by atoms with van der Waals surface area (Å²) in [5.74, 6) is -0.432. The van der Waals surface area contributed by atoms with E-state index in [0.29, 0.717) is 19.0 Å². The molecule has 5 nitrogen and oxygen atoms in total. The first-order valence-corrected chi connectivity index (χ1v) is 8.99. The third kappa shape index (κ3) is 4.71. The summed E-state index contributed by atoms with van der Waals surface area (Å²) in [6, 6.07) is 3.86. The van der Waals surface area contributed by atoms with Gasteiger partial charge < -0.3 is 15.5 Å². The van der Waals surface area contributed by atoms with Gasteiger partial charge in [0.2, 0.25) is 5.91 Å². The Morgan fingerprint density at radius 2 is 1.81 bits per heavy atom. The van der Waals surface area contributed by atoms with Gasteiger partial charge in [-0.2, -0.15) is 0 Å². The summed E-state index contributed by atoms with van der Waals surface area (Å²) in [7, 11) is 5.19. The molecule has 0 atom stereocenters. The lowest BCUT2D eigenvalue weighted by Crippen LogP contribution is -2.49. The number of guanidine groups is 1. The second-order valence-corrected chi connectivity index (χ2v) is 6.99. The second kappa shape index (κ2) is 8.96. The molecule has 144 valence electrons. The second-order valence-electron chi connectivity index (χ2n) is 6.99. The van der Waals surface area contributed by atoms with Gasteiger partial charge in [0.1, 0.15) is 11.6 Å². The summed E-state index contributed by atoms with van der Waals surface area (Å²) in [5.41, 5.74) is -0.343. The molecule has 1 amide bonds. The number of hydrogen-bond acceptors (Lipinski definition) is 2. The maximum atomic E-state index is 13.7. The van der Waals surface area contributed by atoms with Crippen molar-refractivity contribution in [1.82, 2.24) is 15.5 Å². The molecule has 1 aromatic rings. The Kier molecular flexibility index (Phi) is 6.94. The fraction of sp³-hybridized carbons (Fsp3) is 0.579. The van der Waals surface area contributed by atoms with E-state index in [-0.39, 0.29) is 17.9 Å². The number of rotatable bonds is 6. The van der Waals surface area contributed by atoms with Crippen LogP contribution in [0.15, 0.2) is 23.2 Å². The first kappa shape index (κ1) is 20.1. The van der Waals surface area contributed by atoms with Gasteiger partial charge in [0.25, 0.3) is 0 Å². The van der Waals surface area contributed by atoms with E-state index in [1.54, 1.807) is 26.0 Å². The molecular formula is C19H28F2N4O. The summed E-state index contributed by atoms with van der Waals surface area (Å²) in [6.07, 6.45) is 4.00. The molecule has 7 heteroatoms. The molecule has 0 saturated heterocycles. The highest BCUT2D eigenvalue weighted by Crippen LogP contribution is 2.38. The van der Waals surface area contributed by atoms with Crippen LogP contribution in [0.3, 0.4) is 0 Å². The van der Waals surface area contributed by atoms with Crippen molar-refractivity contribution in [2.75, 3.05) is 34.2 Å². The number of nitrogens with one attached hydrogen (secondary N) is 2. The molecule has 0 spiro atoms. The van der Waals surface area contributed by atoms with Crippen molar-refractivity contribution in [3.63, 3.8) is 0 Å². The number of halogens is 2. The normalized spacial score (nSPS) is 16.4. The Labute approximate surface area is 153 Å². The Morgan fingerprint density at radius 1 is 1.19 bits per heavy atom. The first-order valence-electron chi connectivity index (χ1n) is 8.99. The summed E-state index contributed by atoms with van der Waals surface area (Å²) in [5, 5.41) is 6.27. The Bertz CT molecular complexity index is 635. The predicted molar refractivity (Wildman–Crippen MR) is 99.0 cm³/mol. The molecule has 2 rings (SSSR count). The van der Waals surface area contributed by atoms with E-state index in [0.717, 1.165) is 25.7 Å². The number of aliphatic imine (C=N–C) groups is 1. The van der Waals surface area contributed by atoms with Gasteiger partial charge in [-0.05, 0) is 31.4 Å². The van der Waals surface area contributed by atoms with E-state index in [2.05, 4.69) is 15.6 Å². The first-order chi connectivity index (χ1) is 12.4. The van der Waals surface area contributed by atoms with Crippen LogP contribution < -0.4 is 10.6 Å². The standard InChI is InChI=1S/C19H28F2N4O/c1-22-18(23-12-9-14-15(20)7-6-8-16(14)21)24-13-19(10-4-5-11-19)17(26)25(2)3/h6-8H,4-5,9-13H2,1-3H3,(H2,22,23,24). The van der Waals surface area contributed by atoms with Gasteiger partial charge >= 0.3 is 0 Å². The molecule has 1 aliphatic rings. The largest absolute Gasteiger partial charge is 0.356 e. The molecule has 1 saturated carbocycles. The Hall–Kier alpha value is -2.18. The molecule has 0 radical (unpaired) electrons. The molecule has 2 N–H and O–H groups in total. The zero-order valence-electron chi connectivity index (χ0n) is 15.7. The van der Waals surface area contributed by atoms with Crippen LogP contribution in [0.5, 0.6) is 0 Å². The smallest absolute Gasteiger partial charge is 0.230 e. The molecule has 1 aliphatic carbocycles. The van der Waals surface area contributed by atoms with Crippen LogP contribution in [0.2, 0.25) is 0 Å². The Morgan fingerprint density at radius 3 is 2.35 bits per heavy atom. The van der Waals surface area contributed by atoms with Gasteiger partial charge in [-0.25, -0.2) is 8.78 Å². The SMILES string of the molecule is CN=C(NCCc1c(F)cccc1F)NCC1(C(=O)N(C)C)CCCC1. The number of benzene rings is 1. The lowest BCUT2D eigenvalue weighted by molar-refractivity contribution is -0.138. The van der Waals surface area contributed by atoms with Crippen LogP contribution in [-0.4, -0.2) is 51.0 Å². The number of amides is 1. The molecule has 0 bridgehead atoms. The molecule has 0 aromatic heterocycles. The number of carbonyl (C=O) groups excluding carboxylic acids is 1. The minimum Gasteiger partial charge on any atom is -0.356 e. The molecular weight excluding hydrogens is 338 g/mol. The topological polar surface area (TPSA) is 56.7 Å². The molecule has 0 heterocycles. The molecule has 1 aromatic carbocycles. The van der Waals surface area contributed by atoms with Crippen LogP contribution in [0.25, 0.3) is 0 Å². The highest BCUT2D eigenvalue weighted by Gasteiger charge is 2.42. The van der Waals surface area contributed by atoms with Gasteiger partial charge in [0, 0.05) is 39.8 Å². The van der Waals surface area contributed by atoms with Gasteiger partial charge in [-0.15, -0.1) is 0 Å². The number of carbonyl (C=O) groups is 1. The average Bonchev–Trinajstić information content (AvgIpc) is 3.09. The van der Waals surface area contributed by atoms with Gasteiger partial charge in [-0.3, -0.25) is 9.79 Å². The van der Waals surface area contributed by atoms with Gasteiger partial charge in [0.15, 0.2) is 5.96 Å². The van der Waals surface area contributed by atoms with Crippen LogP contribution in [-0.2, 0) is 11.2 Å². The number of nitrogens with zero attached hydrogens (tertiary/aromatic N) is 2. The van der Waals surface area contributed by atoms with Crippen molar-refractivity contribution in [2.24, 2.45) is 10.4 Å². The highest BCUT2D eigenvalue weighted by atomic mass is 19.1. The average molecular weight is 366 g/mol. The van der Waals surface area contributed by atoms with Crippen molar-refractivity contribution in [2.45, 2.75) is 32.1 Å². The van der Waals surface area contributed by atoms with Crippen LogP contribution in [0.1, 0.15) is 31.2 Å². The minimum absolute atomic E-state index is 0.0606. The summed E-state index contributed by atoms with van der Waals surface area (Å²) >= 11 is 0. The third-order valence-electron chi connectivity index (χ3n) is 4.97. The van der Waals surface area contributed by atoms with E-state index in [4.69, 9.17) is 0 Å². The summed E-state index contributed by atoms with van der Waals surface area (Å²) in [4.78, 5) is 18.4. The van der Waals surface area contributed by atoms with Crippen LogP contribution >= 0.6 is 0 Å². The lowest BCUT2D eigenvalue weighted by atomic mass is 9.84. The maximum absolute atomic E-state index is 13.7. The monoisotopic (exact) mass is 366 g/mol. The quantitative estimate of drug-likeness (QED) is 0.600. The maximum Gasteiger partial charge on any atom is 0.230 e. The van der Waals surface area contributed by atoms with Crippen LogP contribution in [0.4, 0.5) is 8.78 Å².